The number of nitrogens with zero attached hydrogens (tertiary/aromatic N) is 4. The summed E-state index contributed by atoms with van der Waals surface area (Å²) in [5, 5.41) is 2.50. The van der Waals surface area contributed by atoms with Crippen LogP contribution in [0.4, 0.5) is 13.2 Å². The Hall–Kier alpha value is -3.50. The molecule has 43 heavy (non-hydrogen) atoms. The van der Waals surface area contributed by atoms with Crippen molar-refractivity contribution in [1.29, 1.82) is 0 Å². The molecule has 5 rings (SSSR count). The van der Waals surface area contributed by atoms with Crippen molar-refractivity contribution in [3.8, 4) is 27.5 Å². The zero-order valence-electron chi connectivity index (χ0n) is 24.2. The number of carbonyl (C=O) groups excluding carboxylic acids is 1. The molecule has 0 spiro atoms. The van der Waals surface area contributed by atoms with Crippen LogP contribution in [0.1, 0.15) is 67.3 Å². The Morgan fingerprint density at radius 2 is 1.84 bits per heavy atom. The number of likely N-dealkylation sites (tertiary alicyclic amines) is 1. The lowest BCUT2D eigenvalue weighted by Gasteiger charge is -2.29. The third-order valence-corrected chi connectivity index (χ3v) is 8.64. The maximum absolute atomic E-state index is 14.4. The Morgan fingerprint density at radius 1 is 1.09 bits per heavy atom. The maximum atomic E-state index is 14.4. The highest BCUT2D eigenvalue weighted by Gasteiger charge is 2.32. The third-order valence-electron chi connectivity index (χ3n) is 7.53. The number of alkyl halides is 3. The molecule has 1 saturated heterocycles. The van der Waals surface area contributed by atoms with E-state index in [9.17, 15) is 22.8 Å². The monoisotopic (exact) mass is 628 g/mol. The molecule has 0 saturated carbocycles. The van der Waals surface area contributed by atoms with Crippen molar-refractivity contribution in [2.75, 3.05) is 13.1 Å². The number of hydrogen-bond acceptors (Lipinski definition) is 5. The summed E-state index contributed by atoms with van der Waals surface area (Å²) in [5.41, 5.74) is 2.28. The van der Waals surface area contributed by atoms with Gasteiger partial charge in [-0.15, -0.1) is 11.3 Å². The van der Waals surface area contributed by atoms with E-state index >= 15 is 0 Å². The van der Waals surface area contributed by atoms with Crippen LogP contribution in [0.3, 0.4) is 0 Å². The number of piperidine rings is 1. The minimum absolute atomic E-state index is 0.130. The van der Waals surface area contributed by atoms with Crippen molar-refractivity contribution in [2.45, 2.75) is 59.1 Å². The zero-order valence-corrected chi connectivity index (χ0v) is 25.7. The largest absolute Gasteiger partial charge is 0.433 e. The average Bonchev–Trinajstić information content (AvgIpc) is 3.47. The summed E-state index contributed by atoms with van der Waals surface area (Å²) in [6.45, 7) is 7.38. The number of pyridine rings is 2. The van der Waals surface area contributed by atoms with E-state index in [2.05, 4.69) is 9.97 Å². The number of thiazole rings is 1. The summed E-state index contributed by atoms with van der Waals surface area (Å²) in [6, 6.07) is 9.29. The quantitative estimate of drug-likeness (QED) is 0.207. The van der Waals surface area contributed by atoms with Gasteiger partial charge in [-0.05, 0) is 73.9 Å². The minimum atomic E-state index is -4.55. The van der Waals surface area contributed by atoms with E-state index in [0.717, 1.165) is 37.1 Å². The zero-order chi connectivity index (χ0) is 30.9. The molecule has 0 aliphatic carbocycles. The molecule has 4 heterocycles. The first-order chi connectivity index (χ1) is 20.5. The first-order valence-corrected chi connectivity index (χ1v) is 15.6. The number of halogens is 4. The van der Waals surface area contributed by atoms with Gasteiger partial charge in [-0.25, -0.2) is 4.98 Å². The highest BCUT2D eigenvalue weighted by molar-refractivity contribution is 7.13. The molecule has 0 N–H and O–H groups in total. The molecule has 1 aliphatic rings. The number of carbonyl (C=O) groups is 1. The van der Waals surface area contributed by atoms with Gasteiger partial charge in [-0.3, -0.25) is 19.1 Å². The van der Waals surface area contributed by atoms with Gasteiger partial charge in [0.25, 0.3) is 11.5 Å². The van der Waals surface area contributed by atoms with E-state index in [1.807, 2.05) is 31.7 Å². The van der Waals surface area contributed by atoms with Crippen molar-refractivity contribution < 1.29 is 18.0 Å². The Labute approximate surface area is 257 Å². The second-order valence-electron chi connectivity index (χ2n) is 11.1. The van der Waals surface area contributed by atoms with Crippen LogP contribution in [0.15, 0.2) is 52.8 Å². The Balaban J connectivity index is 1.73. The lowest BCUT2D eigenvalue weighted by Crippen LogP contribution is -2.38. The highest BCUT2D eigenvalue weighted by atomic mass is 35.5. The molecule has 4 aromatic rings. The molecule has 6 nitrogen and oxygen atoms in total. The number of rotatable bonds is 7. The summed E-state index contributed by atoms with van der Waals surface area (Å²) >= 11 is 7.64. The van der Waals surface area contributed by atoms with Crippen LogP contribution in [-0.2, 0) is 19.0 Å². The third kappa shape index (κ3) is 6.55. The van der Waals surface area contributed by atoms with E-state index in [1.54, 1.807) is 28.1 Å². The number of amides is 1. The molecule has 1 aromatic carbocycles. The first kappa shape index (κ1) is 30.9. The van der Waals surface area contributed by atoms with Gasteiger partial charge >= 0.3 is 6.18 Å². The standard InChI is InChI=1S/C32H32ClF3N4O2S/c1-4-20-8-10-22(33)15-26(20)40-27(14-19(2)3)23(30(41)39-12-6-5-7-13-39)16-24(31(40)42)29-38-25(18-43-29)21-9-11-28(37-17-21)32(34,35)36/h8-11,15-19H,4-7,12-14H2,1-3H3. The van der Waals surface area contributed by atoms with Crippen LogP contribution in [0.2, 0.25) is 5.02 Å². The van der Waals surface area contributed by atoms with Crippen LogP contribution < -0.4 is 5.56 Å². The fourth-order valence-corrected chi connectivity index (χ4v) is 6.39. The molecule has 1 aliphatic heterocycles. The van der Waals surface area contributed by atoms with Crippen LogP contribution in [0, 0.1) is 5.92 Å². The van der Waals surface area contributed by atoms with Gasteiger partial charge in [-0.2, -0.15) is 13.2 Å². The van der Waals surface area contributed by atoms with E-state index in [4.69, 9.17) is 11.6 Å². The number of benzene rings is 1. The van der Waals surface area contributed by atoms with Crippen LogP contribution in [-0.4, -0.2) is 38.4 Å². The molecule has 0 bridgehead atoms. The van der Waals surface area contributed by atoms with Crippen LogP contribution in [0.25, 0.3) is 27.5 Å². The van der Waals surface area contributed by atoms with Crippen LogP contribution >= 0.6 is 22.9 Å². The van der Waals surface area contributed by atoms with E-state index in [-0.39, 0.29) is 22.9 Å². The molecule has 3 aromatic heterocycles. The fraction of sp³-hybridized carbons (Fsp3) is 0.375. The summed E-state index contributed by atoms with van der Waals surface area (Å²) in [7, 11) is 0. The van der Waals surface area contributed by atoms with Crippen molar-refractivity contribution in [2.24, 2.45) is 5.92 Å². The lowest BCUT2D eigenvalue weighted by molar-refractivity contribution is -0.141. The topological polar surface area (TPSA) is 68.1 Å². The number of aromatic nitrogens is 3. The van der Waals surface area contributed by atoms with Crippen molar-refractivity contribution >= 4 is 28.8 Å². The Kier molecular flexibility index (Phi) is 9.08. The highest BCUT2D eigenvalue weighted by Crippen LogP contribution is 2.33. The second-order valence-corrected chi connectivity index (χ2v) is 12.4. The van der Waals surface area contributed by atoms with Gasteiger partial charge in [0.1, 0.15) is 10.7 Å². The molecular weight excluding hydrogens is 597 g/mol. The van der Waals surface area contributed by atoms with Crippen LogP contribution in [0.5, 0.6) is 0 Å². The predicted octanol–water partition coefficient (Wildman–Crippen LogP) is 8.08. The Morgan fingerprint density at radius 3 is 2.47 bits per heavy atom. The summed E-state index contributed by atoms with van der Waals surface area (Å²) < 4.78 is 40.8. The van der Waals surface area contributed by atoms with Gasteiger partial charge in [0.05, 0.1) is 22.5 Å². The van der Waals surface area contributed by atoms with E-state index < -0.39 is 11.9 Å². The molecule has 0 radical (unpaired) electrons. The first-order valence-electron chi connectivity index (χ1n) is 14.3. The molecular formula is C32H32ClF3N4O2S. The van der Waals surface area contributed by atoms with Gasteiger partial charge in [0, 0.05) is 40.9 Å². The molecule has 0 unspecified atom stereocenters. The summed E-state index contributed by atoms with van der Waals surface area (Å²) in [5.74, 6) is 0.0152. The van der Waals surface area contributed by atoms with Crippen molar-refractivity contribution in [1.82, 2.24) is 19.4 Å². The Bertz CT molecular complexity index is 1690. The smallest absolute Gasteiger partial charge is 0.339 e. The normalized spacial score (nSPS) is 14.0. The predicted molar refractivity (Wildman–Crippen MR) is 164 cm³/mol. The lowest BCUT2D eigenvalue weighted by atomic mass is 9.98. The second kappa shape index (κ2) is 12.6. The van der Waals surface area contributed by atoms with Crippen molar-refractivity contribution in [3.63, 3.8) is 0 Å². The minimum Gasteiger partial charge on any atom is -0.339 e. The van der Waals surface area contributed by atoms with Gasteiger partial charge in [0.2, 0.25) is 0 Å². The average molecular weight is 629 g/mol. The molecule has 11 heteroatoms. The number of aryl methyl sites for hydroxylation is 1. The van der Waals surface area contributed by atoms with E-state index in [1.165, 1.54) is 17.4 Å². The van der Waals surface area contributed by atoms with Gasteiger partial charge < -0.3 is 4.90 Å². The fourth-order valence-electron chi connectivity index (χ4n) is 5.39. The summed E-state index contributed by atoms with van der Waals surface area (Å²) in [6.07, 6.45) is 0.602. The SMILES string of the molecule is CCc1ccc(Cl)cc1-n1c(CC(C)C)c(C(=O)N2CCCCC2)cc(-c2nc(-c3ccc(C(F)(F)F)nc3)cs2)c1=O. The number of hydrogen-bond donors (Lipinski definition) is 0. The van der Waals surface area contributed by atoms with Crippen molar-refractivity contribution in [3.05, 3.63) is 85.9 Å². The molecule has 1 fully saturated rings. The summed E-state index contributed by atoms with van der Waals surface area (Å²) in [4.78, 5) is 38.6. The van der Waals surface area contributed by atoms with Gasteiger partial charge in [-0.1, -0.05) is 38.4 Å². The molecule has 0 atom stereocenters. The van der Waals surface area contributed by atoms with E-state index in [0.29, 0.717) is 64.2 Å². The van der Waals surface area contributed by atoms with Gasteiger partial charge in [0.15, 0.2) is 0 Å². The molecule has 226 valence electrons. The maximum Gasteiger partial charge on any atom is 0.433 e. The molecule has 1 amide bonds.